The Morgan fingerprint density at radius 2 is 1.83 bits per heavy atom. The van der Waals surface area contributed by atoms with Gasteiger partial charge in [-0.2, -0.15) is 0 Å². The first-order valence-electron chi connectivity index (χ1n) is 5.35. The Bertz CT molecular complexity index is 474. The van der Waals surface area contributed by atoms with Crippen molar-refractivity contribution in [3.05, 3.63) is 24.3 Å². The molecule has 0 radical (unpaired) electrons. The minimum atomic E-state index is -3.51. The monoisotopic (exact) mass is 279 g/mol. The van der Waals surface area contributed by atoms with Gasteiger partial charge in [-0.3, -0.25) is 0 Å². The van der Waals surface area contributed by atoms with Crippen LogP contribution < -0.4 is 4.74 Å². The number of benzene rings is 1. The minimum absolute atomic E-state index is 0.108. The smallest absolute Gasteiger partial charge is 0.272 e. The van der Waals surface area contributed by atoms with Gasteiger partial charge in [0.25, 0.3) is 6.43 Å². The summed E-state index contributed by atoms with van der Waals surface area (Å²) in [6, 6.07) is 5.39. The van der Waals surface area contributed by atoms with E-state index in [2.05, 4.69) is 0 Å². The second-order valence-corrected chi connectivity index (χ2v) is 5.64. The summed E-state index contributed by atoms with van der Waals surface area (Å²) in [4.78, 5) is 0.108. The molecule has 0 saturated heterocycles. The molecular formula is C11H15F2NO3S. The van der Waals surface area contributed by atoms with Crippen molar-refractivity contribution in [2.45, 2.75) is 18.2 Å². The largest absolute Gasteiger partial charge is 0.488 e. The van der Waals surface area contributed by atoms with Gasteiger partial charge < -0.3 is 4.74 Å². The number of hydrogen-bond acceptors (Lipinski definition) is 3. The van der Waals surface area contributed by atoms with Gasteiger partial charge in [0.15, 0.2) is 0 Å². The Kier molecular flexibility index (Phi) is 5.03. The molecule has 0 saturated carbocycles. The number of ether oxygens (including phenoxy) is 1. The van der Waals surface area contributed by atoms with Crippen molar-refractivity contribution in [3.8, 4) is 5.75 Å². The van der Waals surface area contributed by atoms with Crippen molar-refractivity contribution in [2.75, 3.05) is 20.2 Å². The molecular weight excluding hydrogens is 264 g/mol. The highest BCUT2D eigenvalue weighted by molar-refractivity contribution is 7.89. The second kappa shape index (κ2) is 6.10. The molecule has 0 aliphatic carbocycles. The van der Waals surface area contributed by atoms with Gasteiger partial charge in [0.05, 0.1) is 4.90 Å². The summed E-state index contributed by atoms with van der Waals surface area (Å²) < 4.78 is 53.6. The molecule has 0 unspecified atom stereocenters. The van der Waals surface area contributed by atoms with Gasteiger partial charge >= 0.3 is 0 Å². The van der Waals surface area contributed by atoms with E-state index in [1.807, 2.05) is 0 Å². The van der Waals surface area contributed by atoms with Crippen LogP contribution >= 0.6 is 0 Å². The average Bonchev–Trinajstić information content (AvgIpc) is 2.35. The van der Waals surface area contributed by atoms with Gasteiger partial charge in [-0.15, -0.1) is 0 Å². The van der Waals surface area contributed by atoms with Crippen LogP contribution in [-0.2, 0) is 10.0 Å². The first-order valence-corrected chi connectivity index (χ1v) is 6.79. The first kappa shape index (κ1) is 14.8. The summed E-state index contributed by atoms with van der Waals surface area (Å²) in [7, 11) is -2.04. The maximum absolute atomic E-state index is 11.9. The molecule has 7 heteroatoms. The third-order valence-corrected chi connectivity index (χ3v) is 4.30. The molecule has 0 aromatic heterocycles. The van der Waals surface area contributed by atoms with Crippen LogP contribution in [0.15, 0.2) is 29.2 Å². The number of nitrogens with zero attached hydrogens (tertiary/aromatic N) is 1. The molecule has 1 aromatic rings. The SMILES string of the molecule is CCN(C)S(=O)(=O)c1ccc(OCC(F)F)cc1. The van der Waals surface area contributed by atoms with Gasteiger partial charge in [0, 0.05) is 13.6 Å². The predicted octanol–water partition coefficient (Wildman–Crippen LogP) is 1.97. The molecule has 0 aliphatic rings. The van der Waals surface area contributed by atoms with Crippen LogP contribution in [0.3, 0.4) is 0 Å². The fourth-order valence-electron chi connectivity index (χ4n) is 1.22. The van der Waals surface area contributed by atoms with Gasteiger partial charge in [0.2, 0.25) is 10.0 Å². The van der Waals surface area contributed by atoms with Crippen LogP contribution in [0, 0.1) is 0 Å². The van der Waals surface area contributed by atoms with Gasteiger partial charge in [-0.25, -0.2) is 21.5 Å². The van der Waals surface area contributed by atoms with Gasteiger partial charge in [0.1, 0.15) is 12.4 Å². The van der Waals surface area contributed by atoms with Crippen molar-refractivity contribution >= 4 is 10.0 Å². The van der Waals surface area contributed by atoms with E-state index in [0.29, 0.717) is 6.54 Å². The molecule has 1 rings (SSSR count). The van der Waals surface area contributed by atoms with Crippen LogP contribution in [0.25, 0.3) is 0 Å². The molecule has 0 aliphatic heterocycles. The molecule has 0 heterocycles. The maximum Gasteiger partial charge on any atom is 0.272 e. The Labute approximate surface area is 105 Å². The molecule has 0 N–H and O–H groups in total. The quantitative estimate of drug-likeness (QED) is 0.800. The molecule has 18 heavy (non-hydrogen) atoms. The van der Waals surface area contributed by atoms with Crippen molar-refractivity contribution in [1.82, 2.24) is 4.31 Å². The summed E-state index contributed by atoms with van der Waals surface area (Å²) in [5.41, 5.74) is 0. The van der Waals surface area contributed by atoms with Crippen molar-refractivity contribution in [3.63, 3.8) is 0 Å². The predicted molar refractivity (Wildman–Crippen MR) is 63.4 cm³/mol. The zero-order valence-electron chi connectivity index (χ0n) is 10.1. The summed E-state index contributed by atoms with van der Waals surface area (Å²) in [5.74, 6) is 0.216. The molecule has 0 atom stereocenters. The lowest BCUT2D eigenvalue weighted by Gasteiger charge is -2.15. The van der Waals surface area contributed by atoms with E-state index in [1.54, 1.807) is 6.92 Å². The molecule has 0 amide bonds. The number of alkyl halides is 2. The van der Waals surface area contributed by atoms with Gasteiger partial charge in [-0.05, 0) is 24.3 Å². The van der Waals surface area contributed by atoms with E-state index in [1.165, 1.54) is 35.6 Å². The lowest BCUT2D eigenvalue weighted by Crippen LogP contribution is -2.26. The maximum atomic E-state index is 11.9. The fourth-order valence-corrected chi connectivity index (χ4v) is 2.40. The zero-order valence-corrected chi connectivity index (χ0v) is 11.0. The Morgan fingerprint density at radius 1 is 1.28 bits per heavy atom. The Hall–Kier alpha value is -1.21. The first-order chi connectivity index (χ1) is 8.37. The molecule has 1 aromatic carbocycles. The van der Waals surface area contributed by atoms with Gasteiger partial charge in [-0.1, -0.05) is 6.92 Å². The highest BCUT2D eigenvalue weighted by atomic mass is 32.2. The fraction of sp³-hybridized carbons (Fsp3) is 0.455. The lowest BCUT2D eigenvalue weighted by molar-refractivity contribution is 0.0819. The lowest BCUT2D eigenvalue weighted by atomic mass is 10.3. The molecule has 0 spiro atoms. The molecule has 0 bridgehead atoms. The Morgan fingerprint density at radius 3 is 2.28 bits per heavy atom. The number of halogens is 2. The zero-order chi connectivity index (χ0) is 13.8. The van der Waals surface area contributed by atoms with Crippen molar-refractivity contribution in [2.24, 2.45) is 0 Å². The van der Waals surface area contributed by atoms with E-state index in [9.17, 15) is 17.2 Å². The molecule has 0 fully saturated rings. The third-order valence-electron chi connectivity index (χ3n) is 2.35. The van der Waals surface area contributed by atoms with E-state index >= 15 is 0 Å². The average molecular weight is 279 g/mol. The molecule has 102 valence electrons. The van der Waals surface area contributed by atoms with Crippen LogP contribution in [0.2, 0.25) is 0 Å². The molecule has 4 nitrogen and oxygen atoms in total. The summed E-state index contributed by atoms with van der Waals surface area (Å²) in [6.45, 7) is 1.37. The number of sulfonamides is 1. The topological polar surface area (TPSA) is 46.6 Å². The summed E-state index contributed by atoms with van der Waals surface area (Å²) in [5, 5.41) is 0. The standard InChI is InChI=1S/C11H15F2NO3S/c1-3-14(2)18(15,16)10-6-4-9(5-7-10)17-8-11(12)13/h4-7,11H,3,8H2,1-2H3. The van der Waals surface area contributed by atoms with E-state index in [-0.39, 0.29) is 10.6 Å². The Balaban J connectivity index is 2.83. The van der Waals surface area contributed by atoms with E-state index < -0.39 is 23.1 Å². The van der Waals surface area contributed by atoms with E-state index in [4.69, 9.17) is 4.74 Å². The van der Waals surface area contributed by atoms with Crippen LogP contribution in [0.4, 0.5) is 8.78 Å². The summed E-state index contributed by atoms with van der Waals surface area (Å²) >= 11 is 0. The van der Waals surface area contributed by atoms with Crippen LogP contribution in [-0.4, -0.2) is 39.3 Å². The highest BCUT2D eigenvalue weighted by Crippen LogP contribution is 2.19. The number of rotatable bonds is 6. The normalized spacial score (nSPS) is 12.1. The third kappa shape index (κ3) is 3.64. The van der Waals surface area contributed by atoms with E-state index in [0.717, 1.165) is 0 Å². The highest BCUT2D eigenvalue weighted by Gasteiger charge is 2.18. The number of hydrogen-bond donors (Lipinski definition) is 0. The minimum Gasteiger partial charge on any atom is -0.488 e. The van der Waals surface area contributed by atoms with Crippen LogP contribution in [0.1, 0.15) is 6.92 Å². The van der Waals surface area contributed by atoms with Crippen LogP contribution in [0.5, 0.6) is 5.75 Å². The van der Waals surface area contributed by atoms with Crippen molar-refractivity contribution in [1.29, 1.82) is 0 Å². The van der Waals surface area contributed by atoms with Crippen molar-refractivity contribution < 1.29 is 21.9 Å². The second-order valence-electron chi connectivity index (χ2n) is 3.59. The summed E-state index contributed by atoms with van der Waals surface area (Å²) in [6.07, 6.45) is -2.56.